The molecule has 1 heterocycles. The molecule has 0 amide bonds. The maximum absolute atomic E-state index is 5.85. The molecule has 20 heavy (non-hydrogen) atoms. The van der Waals surface area contributed by atoms with E-state index in [2.05, 4.69) is 15.5 Å². The van der Waals surface area contributed by atoms with Crippen LogP contribution in [0, 0.1) is 6.92 Å². The average molecular weight is 273 g/mol. The maximum Gasteiger partial charge on any atom is 0.182 e. The van der Waals surface area contributed by atoms with Gasteiger partial charge in [-0.1, -0.05) is 0 Å². The van der Waals surface area contributed by atoms with Gasteiger partial charge in [0.05, 0.1) is 12.1 Å². The highest BCUT2D eigenvalue weighted by molar-refractivity contribution is 5.61. The summed E-state index contributed by atoms with van der Waals surface area (Å²) in [5.74, 6) is 0.799. The number of aryl methyl sites for hydroxylation is 1. The normalized spacial score (nSPS) is 21.7. The molecule has 1 aromatic heterocycles. The molecule has 2 N–H and O–H groups in total. The van der Waals surface area contributed by atoms with Gasteiger partial charge in [0, 0.05) is 17.9 Å². The van der Waals surface area contributed by atoms with Crippen LogP contribution in [-0.2, 0) is 4.74 Å². The predicted molar refractivity (Wildman–Crippen MR) is 76.1 cm³/mol. The monoisotopic (exact) mass is 273 g/mol. The number of benzene rings is 1. The van der Waals surface area contributed by atoms with Crippen LogP contribution in [0.4, 0.5) is 5.69 Å². The van der Waals surface area contributed by atoms with Gasteiger partial charge in [-0.15, -0.1) is 5.10 Å². The molecule has 1 fully saturated rings. The van der Waals surface area contributed by atoms with Gasteiger partial charge in [-0.3, -0.25) is 0 Å². The predicted octanol–water partition coefficient (Wildman–Crippen LogP) is 1.97. The minimum Gasteiger partial charge on any atom is -0.399 e. The number of aromatic nitrogens is 4. The summed E-state index contributed by atoms with van der Waals surface area (Å²) in [5.41, 5.74) is 8.68. The van der Waals surface area contributed by atoms with Crippen molar-refractivity contribution in [3.05, 3.63) is 23.8 Å². The molecular weight excluding hydrogens is 254 g/mol. The van der Waals surface area contributed by atoms with Gasteiger partial charge in [0.25, 0.3) is 0 Å². The van der Waals surface area contributed by atoms with E-state index in [0.717, 1.165) is 42.1 Å². The summed E-state index contributed by atoms with van der Waals surface area (Å²) in [4.78, 5) is 0. The number of nitrogen functional groups attached to an aromatic ring is 1. The Labute approximate surface area is 117 Å². The van der Waals surface area contributed by atoms with Crippen molar-refractivity contribution in [2.24, 2.45) is 0 Å². The van der Waals surface area contributed by atoms with Gasteiger partial charge < -0.3 is 10.5 Å². The van der Waals surface area contributed by atoms with Gasteiger partial charge in [0.15, 0.2) is 5.82 Å². The van der Waals surface area contributed by atoms with Crippen molar-refractivity contribution in [2.45, 2.75) is 38.8 Å². The lowest BCUT2D eigenvalue weighted by molar-refractivity contribution is -0.0227. The number of hydrogen-bond donors (Lipinski definition) is 1. The Bertz CT molecular complexity index is 603. The summed E-state index contributed by atoms with van der Waals surface area (Å²) in [6, 6.07) is 6.21. The smallest absolute Gasteiger partial charge is 0.182 e. The molecule has 6 heteroatoms. The highest BCUT2D eigenvalue weighted by Gasteiger charge is 2.33. The second-order valence-electron chi connectivity index (χ2n) is 5.22. The Kier molecular flexibility index (Phi) is 3.40. The molecule has 1 aliphatic rings. The molecule has 0 aliphatic heterocycles. The van der Waals surface area contributed by atoms with E-state index in [4.69, 9.17) is 10.5 Å². The standard InChI is InChI=1S/C14H19N5O/c1-3-20-12-7-11(8-12)19-14(16-17-18-19)10-4-5-13(15)9(2)6-10/h4-6,11-12H,3,7-8,15H2,1-2H3. The number of ether oxygens (including phenoxy) is 1. The SMILES string of the molecule is CCOC1CC(n2nnnc2-c2ccc(N)c(C)c2)C1. The molecule has 1 aliphatic carbocycles. The Balaban J connectivity index is 1.82. The molecule has 6 nitrogen and oxygen atoms in total. The molecular formula is C14H19N5O. The number of tetrazole rings is 1. The van der Waals surface area contributed by atoms with Crippen molar-refractivity contribution >= 4 is 5.69 Å². The number of hydrogen-bond acceptors (Lipinski definition) is 5. The summed E-state index contributed by atoms with van der Waals surface area (Å²) >= 11 is 0. The van der Waals surface area contributed by atoms with Crippen molar-refractivity contribution in [1.82, 2.24) is 20.2 Å². The lowest BCUT2D eigenvalue weighted by Crippen LogP contribution is -2.34. The van der Waals surface area contributed by atoms with Crippen molar-refractivity contribution in [3.63, 3.8) is 0 Å². The summed E-state index contributed by atoms with van der Waals surface area (Å²) in [6.07, 6.45) is 2.29. The summed E-state index contributed by atoms with van der Waals surface area (Å²) < 4.78 is 7.49. The van der Waals surface area contributed by atoms with Gasteiger partial charge in [-0.25, -0.2) is 4.68 Å². The zero-order valence-corrected chi connectivity index (χ0v) is 11.8. The Morgan fingerprint density at radius 3 is 2.90 bits per heavy atom. The maximum atomic E-state index is 5.85. The van der Waals surface area contributed by atoms with Crippen LogP contribution >= 0.6 is 0 Å². The zero-order chi connectivity index (χ0) is 14.1. The van der Waals surface area contributed by atoms with E-state index >= 15 is 0 Å². The Morgan fingerprint density at radius 1 is 1.40 bits per heavy atom. The van der Waals surface area contributed by atoms with Crippen LogP contribution in [0.1, 0.15) is 31.4 Å². The molecule has 2 aromatic rings. The lowest BCUT2D eigenvalue weighted by atomic mass is 9.89. The Morgan fingerprint density at radius 2 is 2.20 bits per heavy atom. The second kappa shape index (κ2) is 5.20. The fourth-order valence-electron chi connectivity index (χ4n) is 2.55. The zero-order valence-electron chi connectivity index (χ0n) is 11.8. The average Bonchev–Trinajstić information content (AvgIpc) is 2.85. The number of rotatable bonds is 4. The summed E-state index contributed by atoms with van der Waals surface area (Å²) in [5, 5.41) is 12.1. The largest absolute Gasteiger partial charge is 0.399 e. The third kappa shape index (κ3) is 2.27. The quantitative estimate of drug-likeness (QED) is 0.862. The minimum absolute atomic E-state index is 0.328. The molecule has 0 spiro atoms. The van der Waals surface area contributed by atoms with Gasteiger partial charge in [0.1, 0.15) is 0 Å². The van der Waals surface area contributed by atoms with E-state index in [9.17, 15) is 0 Å². The molecule has 0 atom stereocenters. The van der Waals surface area contributed by atoms with Crippen molar-refractivity contribution in [1.29, 1.82) is 0 Å². The first-order valence-electron chi connectivity index (χ1n) is 6.95. The molecule has 0 unspecified atom stereocenters. The lowest BCUT2D eigenvalue weighted by Gasteiger charge is -2.34. The molecule has 0 bridgehead atoms. The minimum atomic E-state index is 0.328. The number of nitrogens with two attached hydrogens (primary N) is 1. The number of anilines is 1. The van der Waals surface area contributed by atoms with E-state index in [0.29, 0.717) is 12.1 Å². The first-order chi connectivity index (χ1) is 9.69. The van der Waals surface area contributed by atoms with Crippen LogP contribution < -0.4 is 5.73 Å². The van der Waals surface area contributed by atoms with Crippen molar-refractivity contribution < 1.29 is 4.74 Å². The summed E-state index contributed by atoms with van der Waals surface area (Å²) in [7, 11) is 0. The topological polar surface area (TPSA) is 78.8 Å². The molecule has 106 valence electrons. The molecule has 0 radical (unpaired) electrons. The fourth-order valence-corrected chi connectivity index (χ4v) is 2.55. The third-order valence-corrected chi connectivity index (χ3v) is 3.84. The third-order valence-electron chi connectivity index (χ3n) is 3.84. The molecule has 3 rings (SSSR count). The molecule has 1 saturated carbocycles. The van der Waals surface area contributed by atoms with E-state index in [1.807, 2.05) is 36.7 Å². The first-order valence-corrected chi connectivity index (χ1v) is 6.95. The number of nitrogens with zero attached hydrogens (tertiary/aromatic N) is 4. The highest BCUT2D eigenvalue weighted by Crippen LogP contribution is 2.36. The van der Waals surface area contributed by atoms with Crippen LogP contribution in [0.5, 0.6) is 0 Å². The second-order valence-corrected chi connectivity index (χ2v) is 5.22. The van der Waals surface area contributed by atoms with Crippen LogP contribution in [0.15, 0.2) is 18.2 Å². The highest BCUT2D eigenvalue weighted by atomic mass is 16.5. The van der Waals surface area contributed by atoms with Crippen LogP contribution in [0.2, 0.25) is 0 Å². The molecule has 0 saturated heterocycles. The van der Waals surface area contributed by atoms with E-state index in [-0.39, 0.29) is 0 Å². The van der Waals surface area contributed by atoms with Gasteiger partial charge in [-0.05, 0) is 60.9 Å². The fraction of sp³-hybridized carbons (Fsp3) is 0.500. The Hall–Kier alpha value is -1.95. The van der Waals surface area contributed by atoms with Crippen LogP contribution in [-0.4, -0.2) is 32.9 Å². The van der Waals surface area contributed by atoms with Gasteiger partial charge in [0.2, 0.25) is 0 Å². The van der Waals surface area contributed by atoms with E-state index in [1.165, 1.54) is 0 Å². The van der Waals surface area contributed by atoms with Crippen molar-refractivity contribution in [3.8, 4) is 11.4 Å². The van der Waals surface area contributed by atoms with Gasteiger partial charge >= 0.3 is 0 Å². The summed E-state index contributed by atoms with van der Waals surface area (Å²) in [6.45, 7) is 4.77. The first kappa shape index (κ1) is 13.1. The molecule has 1 aromatic carbocycles. The van der Waals surface area contributed by atoms with Crippen molar-refractivity contribution in [2.75, 3.05) is 12.3 Å². The van der Waals surface area contributed by atoms with Gasteiger partial charge in [-0.2, -0.15) is 0 Å². The van der Waals surface area contributed by atoms with Crippen LogP contribution in [0.25, 0.3) is 11.4 Å². The van der Waals surface area contributed by atoms with Crippen LogP contribution in [0.3, 0.4) is 0 Å². The van der Waals surface area contributed by atoms with E-state index in [1.54, 1.807) is 0 Å². The van der Waals surface area contributed by atoms with E-state index < -0.39 is 0 Å².